The number of Topliss-reactive ketones (excluding diaryl/α,β-unsaturated/α-hetero) is 1. The van der Waals surface area contributed by atoms with Crippen LogP contribution in [0, 0.1) is 0 Å². The van der Waals surface area contributed by atoms with Crippen LogP contribution in [0.5, 0.6) is 5.75 Å². The minimum Gasteiger partial charge on any atom is -0.497 e. The number of methoxy groups -OCH3 is 1. The van der Waals surface area contributed by atoms with Gasteiger partial charge in [-0.3, -0.25) is 19.6 Å². The van der Waals surface area contributed by atoms with Gasteiger partial charge in [0, 0.05) is 23.7 Å². The average Bonchev–Trinajstić information content (AvgIpc) is 3.29. The first kappa shape index (κ1) is 24.1. The van der Waals surface area contributed by atoms with Crippen LogP contribution in [-0.2, 0) is 10.0 Å². The highest BCUT2D eigenvalue weighted by Crippen LogP contribution is 2.31. The van der Waals surface area contributed by atoms with E-state index in [0.29, 0.717) is 32.7 Å². The van der Waals surface area contributed by atoms with E-state index in [1.54, 1.807) is 12.1 Å². The number of benzene rings is 3. The van der Waals surface area contributed by atoms with E-state index in [0.717, 1.165) is 16.9 Å². The molecule has 1 amide bonds. The smallest absolute Gasteiger partial charge is 0.261 e. The Morgan fingerprint density at radius 1 is 0.914 bits per heavy atom. The summed E-state index contributed by atoms with van der Waals surface area (Å²) in [5.41, 5.74) is 1.90. The van der Waals surface area contributed by atoms with Gasteiger partial charge in [-0.1, -0.05) is 41.7 Å². The van der Waals surface area contributed by atoms with Crippen molar-refractivity contribution in [3.63, 3.8) is 0 Å². The van der Waals surface area contributed by atoms with Gasteiger partial charge in [0.2, 0.25) is 0 Å². The third-order valence-corrected chi connectivity index (χ3v) is 7.45. The van der Waals surface area contributed by atoms with Crippen molar-refractivity contribution in [3.8, 4) is 17.0 Å². The maximum Gasteiger partial charge on any atom is 0.261 e. The molecule has 0 saturated carbocycles. The lowest BCUT2D eigenvalue weighted by atomic mass is 10.1. The van der Waals surface area contributed by atoms with E-state index in [9.17, 15) is 18.0 Å². The summed E-state index contributed by atoms with van der Waals surface area (Å²) in [4.78, 5) is 29.8. The van der Waals surface area contributed by atoms with Gasteiger partial charge >= 0.3 is 0 Å². The Morgan fingerprint density at radius 3 is 2.17 bits per heavy atom. The molecule has 0 aliphatic rings. The molecule has 0 saturated heterocycles. The summed E-state index contributed by atoms with van der Waals surface area (Å²) in [5, 5.41) is 3.01. The normalized spacial score (nSPS) is 11.0. The maximum absolute atomic E-state index is 12.7. The van der Waals surface area contributed by atoms with Crippen LogP contribution in [0.3, 0.4) is 0 Å². The van der Waals surface area contributed by atoms with Crippen LogP contribution in [0.2, 0.25) is 0 Å². The molecule has 2 N–H and O–H groups in total. The standard InChI is InChI=1S/C25H21N3O5S2/c1-16(29)23-22(17-6-4-3-5-7-17)26-25(34-23)27-24(30)18-8-10-19(11-9-18)28-35(31,32)21-14-12-20(33-2)13-15-21/h3-15,28H,1-2H3,(H,26,27,30). The number of ketones is 1. The molecule has 0 bridgehead atoms. The molecular weight excluding hydrogens is 486 g/mol. The molecule has 0 aliphatic carbocycles. The van der Waals surface area contributed by atoms with Gasteiger partial charge in [-0.05, 0) is 48.5 Å². The fourth-order valence-corrected chi connectivity index (χ4v) is 5.17. The molecule has 178 valence electrons. The highest BCUT2D eigenvalue weighted by Gasteiger charge is 2.19. The maximum atomic E-state index is 12.7. The first-order valence-corrected chi connectivity index (χ1v) is 12.7. The third kappa shape index (κ3) is 5.56. The van der Waals surface area contributed by atoms with Gasteiger partial charge in [-0.25, -0.2) is 13.4 Å². The van der Waals surface area contributed by atoms with Gasteiger partial charge < -0.3 is 4.74 Å². The van der Waals surface area contributed by atoms with E-state index < -0.39 is 15.9 Å². The summed E-state index contributed by atoms with van der Waals surface area (Å²) in [6, 6.07) is 21.2. The SMILES string of the molecule is COc1ccc(S(=O)(=O)Nc2ccc(C(=O)Nc3nc(-c4ccccc4)c(C(C)=O)s3)cc2)cc1. The molecule has 0 aliphatic heterocycles. The number of rotatable bonds is 8. The van der Waals surface area contributed by atoms with E-state index in [2.05, 4.69) is 15.0 Å². The van der Waals surface area contributed by atoms with Crippen molar-refractivity contribution in [1.29, 1.82) is 0 Å². The number of thiazole rings is 1. The van der Waals surface area contributed by atoms with Crippen molar-refractivity contribution in [3.05, 3.63) is 89.3 Å². The van der Waals surface area contributed by atoms with E-state index in [4.69, 9.17) is 4.74 Å². The Kier molecular flexibility index (Phi) is 6.94. The van der Waals surface area contributed by atoms with E-state index >= 15 is 0 Å². The Bertz CT molecular complexity index is 1460. The zero-order valence-electron chi connectivity index (χ0n) is 18.8. The van der Waals surface area contributed by atoms with Crippen LogP contribution in [0.25, 0.3) is 11.3 Å². The highest BCUT2D eigenvalue weighted by atomic mass is 32.2. The summed E-state index contributed by atoms with van der Waals surface area (Å²) < 4.78 is 32.7. The molecule has 0 fully saturated rings. The molecule has 4 aromatic rings. The van der Waals surface area contributed by atoms with E-state index in [-0.39, 0.29) is 10.7 Å². The molecule has 4 rings (SSSR count). The number of hydrogen-bond acceptors (Lipinski definition) is 7. The van der Waals surface area contributed by atoms with Gasteiger partial charge in [0.05, 0.1) is 22.6 Å². The largest absolute Gasteiger partial charge is 0.497 e. The number of amides is 1. The Hall–Kier alpha value is -4.02. The van der Waals surface area contributed by atoms with Gasteiger partial charge in [0.25, 0.3) is 15.9 Å². The monoisotopic (exact) mass is 507 g/mol. The summed E-state index contributed by atoms with van der Waals surface area (Å²) >= 11 is 1.10. The first-order chi connectivity index (χ1) is 16.8. The number of sulfonamides is 1. The minimum atomic E-state index is -3.80. The molecule has 3 aromatic carbocycles. The van der Waals surface area contributed by atoms with Crippen LogP contribution in [0.4, 0.5) is 10.8 Å². The molecule has 0 radical (unpaired) electrons. The summed E-state index contributed by atoms with van der Waals surface area (Å²) in [7, 11) is -2.30. The van der Waals surface area contributed by atoms with Crippen molar-refractivity contribution in [2.45, 2.75) is 11.8 Å². The Balaban J connectivity index is 1.48. The number of anilines is 2. The summed E-state index contributed by atoms with van der Waals surface area (Å²) in [6.45, 7) is 1.46. The van der Waals surface area contributed by atoms with Gasteiger partial charge in [0.15, 0.2) is 10.9 Å². The second-order valence-corrected chi connectivity index (χ2v) is 10.1. The fourth-order valence-electron chi connectivity index (χ4n) is 3.23. The molecule has 10 heteroatoms. The predicted octanol–water partition coefficient (Wildman–Crippen LogP) is 5.07. The summed E-state index contributed by atoms with van der Waals surface area (Å²) in [6.07, 6.45) is 0. The van der Waals surface area contributed by atoms with Crippen molar-refractivity contribution in [2.24, 2.45) is 0 Å². The van der Waals surface area contributed by atoms with Crippen molar-refractivity contribution in [1.82, 2.24) is 4.98 Å². The lowest BCUT2D eigenvalue weighted by Crippen LogP contribution is -2.14. The fraction of sp³-hybridized carbons (Fsp3) is 0.0800. The molecule has 1 heterocycles. The quantitative estimate of drug-likeness (QED) is 0.322. The van der Waals surface area contributed by atoms with Crippen molar-refractivity contribution in [2.75, 3.05) is 17.1 Å². The molecule has 0 spiro atoms. The first-order valence-electron chi connectivity index (χ1n) is 10.4. The molecular formula is C25H21N3O5S2. The van der Waals surface area contributed by atoms with Gasteiger partial charge in [-0.2, -0.15) is 0 Å². The van der Waals surface area contributed by atoms with Crippen LogP contribution in [0.15, 0.2) is 83.8 Å². The lowest BCUT2D eigenvalue weighted by Gasteiger charge is -2.09. The van der Waals surface area contributed by atoms with Gasteiger partial charge in [0.1, 0.15) is 5.75 Å². The molecule has 0 unspecified atom stereocenters. The Labute approximate surface area is 206 Å². The number of nitrogens with zero attached hydrogens (tertiary/aromatic N) is 1. The van der Waals surface area contributed by atoms with E-state index in [1.807, 2.05) is 30.3 Å². The molecule has 35 heavy (non-hydrogen) atoms. The molecule has 0 atom stereocenters. The molecule has 1 aromatic heterocycles. The highest BCUT2D eigenvalue weighted by molar-refractivity contribution is 7.92. The predicted molar refractivity (Wildman–Crippen MR) is 136 cm³/mol. The van der Waals surface area contributed by atoms with E-state index in [1.165, 1.54) is 50.4 Å². The van der Waals surface area contributed by atoms with Crippen LogP contribution in [-0.4, -0.2) is 32.2 Å². The number of ether oxygens (including phenoxy) is 1. The van der Waals surface area contributed by atoms with Crippen molar-refractivity contribution >= 4 is 43.9 Å². The number of carbonyl (C=O) groups is 2. The van der Waals surface area contributed by atoms with Crippen LogP contribution < -0.4 is 14.8 Å². The van der Waals surface area contributed by atoms with Crippen LogP contribution >= 0.6 is 11.3 Å². The second kappa shape index (κ2) is 10.1. The molecule has 8 nitrogen and oxygen atoms in total. The number of carbonyl (C=O) groups excluding carboxylic acids is 2. The summed E-state index contributed by atoms with van der Waals surface area (Å²) in [5.74, 6) is -0.0285. The van der Waals surface area contributed by atoms with Gasteiger partial charge in [-0.15, -0.1) is 0 Å². The lowest BCUT2D eigenvalue weighted by molar-refractivity contribution is 0.101. The number of hydrogen-bond donors (Lipinski definition) is 2. The zero-order valence-corrected chi connectivity index (χ0v) is 20.4. The van der Waals surface area contributed by atoms with Crippen molar-refractivity contribution < 1.29 is 22.7 Å². The minimum absolute atomic E-state index is 0.0828. The topological polar surface area (TPSA) is 114 Å². The number of nitrogens with one attached hydrogen (secondary N) is 2. The average molecular weight is 508 g/mol. The van der Waals surface area contributed by atoms with Crippen LogP contribution in [0.1, 0.15) is 27.0 Å². The third-order valence-electron chi connectivity index (χ3n) is 4.98. The second-order valence-electron chi connectivity index (χ2n) is 7.43. The number of aromatic nitrogens is 1. The zero-order chi connectivity index (χ0) is 25.0. The Morgan fingerprint density at radius 2 is 1.57 bits per heavy atom.